The van der Waals surface area contributed by atoms with E-state index in [1.165, 1.54) is 0 Å². The van der Waals surface area contributed by atoms with Gasteiger partial charge in [-0.1, -0.05) is 71.9 Å². The predicted octanol–water partition coefficient (Wildman–Crippen LogP) is 5.87. The third kappa shape index (κ3) is 6.35. The van der Waals surface area contributed by atoms with E-state index >= 15 is 0 Å². The molecule has 2 aromatic carbocycles. The highest BCUT2D eigenvalue weighted by Gasteiger charge is 2.31. The number of nitrogens with zero attached hydrogens (tertiary/aromatic N) is 2. The highest BCUT2D eigenvalue weighted by atomic mass is 16.2. The molecule has 0 spiro atoms. The summed E-state index contributed by atoms with van der Waals surface area (Å²) in [5, 5.41) is 3.02. The van der Waals surface area contributed by atoms with Crippen LogP contribution in [-0.4, -0.2) is 30.8 Å². The van der Waals surface area contributed by atoms with E-state index in [1.807, 2.05) is 102 Å². The Labute approximate surface area is 193 Å². The van der Waals surface area contributed by atoms with Crippen LogP contribution < -0.4 is 10.2 Å². The Hall–Kier alpha value is -2.82. The Morgan fingerprint density at radius 2 is 1.50 bits per heavy atom. The van der Waals surface area contributed by atoms with Gasteiger partial charge in [0.1, 0.15) is 0 Å². The van der Waals surface area contributed by atoms with Gasteiger partial charge in [0, 0.05) is 42.8 Å². The third-order valence-corrected chi connectivity index (χ3v) is 5.49. The number of hydrogen-bond acceptors (Lipinski definition) is 3. The molecule has 0 bridgehead atoms. The summed E-state index contributed by atoms with van der Waals surface area (Å²) in [4.78, 5) is 30.0. The molecule has 32 heavy (non-hydrogen) atoms. The van der Waals surface area contributed by atoms with Crippen molar-refractivity contribution in [1.29, 1.82) is 0 Å². The quantitative estimate of drug-likeness (QED) is 0.615. The summed E-state index contributed by atoms with van der Waals surface area (Å²) in [6.45, 7) is 14.0. The van der Waals surface area contributed by atoms with E-state index in [2.05, 4.69) is 24.4 Å². The lowest BCUT2D eigenvalue weighted by Crippen LogP contribution is -2.41. The molecule has 2 amide bonds. The zero-order chi connectivity index (χ0) is 24.3. The number of carbonyl (C=O) groups is 2. The first-order chi connectivity index (χ1) is 14.7. The topological polar surface area (TPSA) is 52.7 Å². The number of hydrogen-bond donors (Lipinski definition) is 1. The summed E-state index contributed by atoms with van der Waals surface area (Å²) in [5.74, 6) is 0.0454. The van der Waals surface area contributed by atoms with Gasteiger partial charge >= 0.3 is 0 Å². The van der Waals surface area contributed by atoms with Gasteiger partial charge in [-0.25, -0.2) is 0 Å². The van der Waals surface area contributed by atoms with Crippen molar-refractivity contribution in [2.24, 2.45) is 10.8 Å². The standard InChI is InChI=1S/C27H39N3O2/c1-19(20-13-11-10-12-14-20)30(25(32)27(5,6)7)18-21-17-22(15-16-23(21)29(8)9)28-24(31)26(2,3)4/h10-17,19H,18H2,1-9H3,(H,28,31). The van der Waals surface area contributed by atoms with Crippen molar-refractivity contribution in [1.82, 2.24) is 4.90 Å². The SMILES string of the molecule is CC(c1ccccc1)N(Cc1cc(NC(=O)C(C)(C)C)ccc1N(C)C)C(=O)C(C)(C)C. The van der Waals surface area contributed by atoms with Gasteiger partial charge in [0.15, 0.2) is 0 Å². The first-order valence-electron chi connectivity index (χ1n) is 11.2. The lowest BCUT2D eigenvalue weighted by atomic mass is 9.92. The maximum atomic E-state index is 13.5. The molecule has 0 aromatic heterocycles. The van der Waals surface area contributed by atoms with Gasteiger partial charge in [0.25, 0.3) is 0 Å². The summed E-state index contributed by atoms with van der Waals surface area (Å²) in [7, 11) is 3.98. The van der Waals surface area contributed by atoms with Gasteiger partial charge < -0.3 is 15.1 Å². The van der Waals surface area contributed by atoms with Crippen molar-refractivity contribution in [3.63, 3.8) is 0 Å². The summed E-state index contributed by atoms with van der Waals surface area (Å²) in [6, 6.07) is 15.9. The highest BCUT2D eigenvalue weighted by Crippen LogP contribution is 2.32. The van der Waals surface area contributed by atoms with E-state index in [0.717, 1.165) is 22.5 Å². The summed E-state index contributed by atoms with van der Waals surface area (Å²) in [6.07, 6.45) is 0. The van der Waals surface area contributed by atoms with Crippen molar-refractivity contribution < 1.29 is 9.59 Å². The van der Waals surface area contributed by atoms with E-state index in [0.29, 0.717) is 6.54 Å². The number of benzene rings is 2. The van der Waals surface area contributed by atoms with E-state index in [4.69, 9.17) is 0 Å². The van der Waals surface area contributed by atoms with Crippen molar-refractivity contribution >= 4 is 23.2 Å². The predicted molar refractivity (Wildman–Crippen MR) is 134 cm³/mol. The van der Waals surface area contributed by atoms with Gasteiger partial charge in [0.2, 0.25) is 11.8 Å². The average Bonchev–Trinajstić information content (AvgIpc) is 2.70. The number of anilines is 2. The van der Waals surface area contributed by atoms with Crippen molar-refractivity contribution in [3.05, 3.63) is 59.7 Å². The normalized spacial score (nSPS) is 12.8. The van der Waals surface area contributed by atoms with Gasteiger partial charge in [-0.15, -0.1) is 0 Å². The van der Waals surface area contributed by atoms with E-state index < -0.39 is 10.8 Å². The van der Waals surface area contributed by atoms with E-state index in [9.17, 15) is 9.59 Å². The summed E-state index contributed by atoms with van der Waals surface area (Å²) >= 11 is 0. The maximum absolute atomic E-state index is 13.5. The van der Waals surface area contributed by atoms with Gasteiger partial charge in [-0.05, 0) is 36.2 Å². The first-order valence-corrected chi connectivity index (χ1v) is 11.2. The third-order valence-electron chi connectivity index (χ3n) is 5.49. The molecule has 0 radical (unpaired) electrons. The van der Waals surface area contributed by atoms with Crippen LogP contribution in [0.5, 0.6) is 0 Å². The van der Waals surface area contributed by atoms with Gasteiger partial charge in [-0.3, -0.25) is 9.59 Å². The Morgan fingerprint density at radius 1 is 0.906 bits per heavy atom. The summed E-state index contributed by atoms with van der Waals surface area (Å²) in [5.41, 5.74) is 2.83. The van der Waals surface area contributed by atoms with Gasteiger partial charge in [-0.2, -0.15) is 0 Å². The lowest BCUT2D eigenvalue weighted by Gasteiger charge is -2.36. The van der Waals surface area contributed by atoms with Crippen LogP contribution >= 0.6 is 0 Å². The molecule has 0 aliphatic rings. The fourth-order valence-electron chi connectivity index (χ4n) is 3.46. The minimum absolute atomic E-state index is 0.0404. The largest absolute Gasteiger partial charge is 0.377 e. The number of amides is 2. The van der Waals surface area contributed by atoms with Crippen molar-refractivity contribution in [2.45, 2.75) is 61.1 Å². The Bertz CT molecular complexity index is 938. The molecule has 1 unspecified atom stereocenters. The second-order valence-corrected chi connectivity index (χ2v) is 10.7. The molecule has 5 nitrogen and oxygen atoms in total. The van der Waals surface area contributed by atoms with E-state index in [-0.39, 0.29) is 17.9 Å². The van der Waals surface area contributed by atoms with Crippen LogP contribution in [-0.2, 0) is 16.1 Å². The molecule has 2 rings (SSSR count). The number of rotatable bonds is 6. The zero-order valence-electron chi connectivity index (χ0n) is 21.1. The number of carbonyl (C=O) groups excluding carboxylic acids is 2. The Balaban J connectivity index is 2.49. The smallest absolute Gasteiger partial charge is 0.229 e. The fourth-order valence-corrected chi connectivity index (χ4v) is 3.46. The van der Waals surface area contributed by atoms with Crippen LogP contribution in [0.2, 0.25) is 0 Å². The molecule has 1 atom stereocenters. The molecule has 0 saturated carbocycles. The fraction of sp³-hybridized carbons (Fsp3) is 0.481. The molecule has 0 fully saturated rings. The molecule has 0 aliphatic heterocycles. The second kappa shape index (κ2) is 9.76. The minimum Gasteiger partial charge on any atom is -0.377 e. The average molecular weight is 438 g/mol. The minimum atomic E-state index is -0.515. The molecule has 5 heteroatoms. The van der Waals surface area contributed by atoms with Crippen LogP contribution in [0.4, 0.5) is 11.4 Å². The highest BCUT2D eigenvalue weighted by molar-refractivity contribution is 5.94. The monoisotopic (exact) mass is 437 g/mol. The summed E-state index contributed by atoms with van der Waals surface area (Å²) < 4.78 is 0. The molecule has 2 aromatic rings. The molecule has 1 N–H and O–H groups in total. The molecule has 0 saturated heterocycles. The number of nitrogens with one attached hydrogen (secondary N) is 1. The zero-order valence-corrected chi connectivity index (χ0v) is 21.1. The van der Waals surface area contributed by atoms with E-state index in [1.54, 1.807) is 0 Å². The van der Waals surface area contributed by atoms with Crippen LogP contribution in [0, 0.1) is 10.8 Å². The van der Waals surface area contributed by atoms with Crippen LogP contribution in [0.3, 0.4) is 0 Å². The molecule has 0 aliphatic carbocycles. The van der Waals surface area contributed by atoms with Crippen LogP contribution in [0.25, 0.3) is 0 Å². The van der Waals surface area contributed by atoms with Crippen molar-refractivity contribution in [2.75, 3.05) is 24.3 Å². The second-order valence-electron chi connectivity index (χ2n) is 10.7. The first kappa shape index (κ1) is 25.4. The Morgan fingerprint density at radius 3 is 2.00 bits per heavy atom. The molecular formula is C27H39N3O2. The lowest BCUT2D eigenvalue weighted by molar-refractivity contribution is -0.142. The van der Waals surface area contributed by atoms with Gasteiger partial charge in [0.05, 0.1) is 6.04 Å². The van der Waals surface area contributed by atoms with Crippen molar-refractivity contribution in [3.8, 4) is 0 Å². The van der Waals surface area contributed by atoms with Crippen LogP contribution in [0.15, 0.2) is 48.5 Å². The molecular weight excluding hydrogens is 398 g/mol. The maximum Gasteiger partial charge on any atom is 0.229 e. The Kier molecular flexibility index (Phi) is 7.76. The molecule has 0 heterocycles. The van der Waals surface area contributed by atoms with Crippen LogP contribution in [0.1, 0.15) is 65.6 Å². The molecule has 174 valence electrons.